The van der Waals surface area contributed by atoms with Crippen molar-refractivity contribution in [2.24, 2.45) is 0 Å². The van der Waals surface area contributed by atoms with Crippen molar-refractivity contribution in [3.63, 3.8) is 0 Å². The minimum Gasteiger partial charge on any atom is -0.482 e. The molecule has 1 aromatic rings. The lowest BCUT2D eigenvalue weighted by Gasteiger charge is -2.12. The molecule has 0 aromatic heterocycles. The van der Waals surface area contributed by atoms with E-state index in [1.165, 1.54) is 7.11 Å². The van der Waals surface area contributed by atoms with Crippen LogP contribution in [0.4, 0.5) is 0 Å². The largest absolute Gasteiger partial charge is 0.482 e. The molecule has 0 aliphatic rings. The molecule has 0 heterocycles. The average molecular weight is 272 g/mol. The Morgan fingerprint density at radius 1 is 1.44 bits per heavy atom. The van der Waals surface area contributed by atoms with E-state index in [4.69, 9.17) is 16.3 Å². The monoisotopic (exact) mass is 271 g/mol. The molecule has 100 valence electrons. The first kappa shape index (κ1) is 14.8. The molecule has 4 nitrogen and oxygen atoms in total. The first-order valence-corrected chi connectivity index (χ1v) is 6.24. The third-order valence-corrected chi connectivity index (χ3v) is 2.73. The number of rotatable bonds is 7. The molecule has 0 unspecified atom stereocenters. The summed E-state index contributed by atoms with van der Waals surface area (Å²) in [6.45, 7) is 3.50. The fourth-order valence-electron chi connectivity index (χ4n) is 1.43. The van der Waals surface area contributed by atoms with Crippen molar-refractivity contribution in [2.75, 3.05) is 20.3 Å². The topological polar surface area (TPSA) is 47.6 Å². The Bertz CT molecular complexity index is 396. The molecule has 5 heteroatoms. The van der Waals surface area contributed by atoms with Crippen molar-refractivity contribution < 1.29 is 14.3 Å². The standard InChI is InChI=1S/C13H18ClNO3/c1-3-7-15-8-10-11(14)5-4-6-12(10)18-9-13(16)17-2/h4-6,15H,3,7-9H2,1-2H3. The van der Waals surface area contributed by atoms with Crippen LogP contribution < -0.4 is 10.1 Å². The first-order valence-electron chi connectivity index (χ1n) is 5.86. The molecule has 0 aliphatic carbocycles. The molecular formula is C13H18ClNO3. The number of nitrogens with one attached hydrogen (secondary N) is 1. The van der Waals surface area contributed by atoms with Crippen molar-refractivity contribution in [3.8, 4) is 5.75 Å². The summed E-state index contributed by atoms with van der Waals surface area (Å²) in [4.78, 5) is 11.0. The predicted octanol–water partition coefficient (Wildman–Crippen LogP) is 2.39. The number of carbonyl (C=O) groups is 1. The highest BCUT2D eigenvalue weighted by Crippen LogP contribution is 2.26. The fourth-order valence-corrected chi connectivity index (χ4v) is 1.66. The second-order valence-corrected chi connectivity index (χ2v) is 4.17. The summed E-state index contributed by atoms with van der Waals surface area (Å²) in [7, 11) is 1.33. The first-order chi connectivity index (χ1) is 8.69. The number of carbonyl (C=O) groups excluding carboxylic acids is 1. The number of hydrogen-bond donors (Lipinski definition) is 1. The molecule has 0 amide bonds. The Morgan fingerprint density at radius 3 is 2.89 bits per heavy atom. The highest BCUT2D eigenvalue weighted by Gasteiger charge is 2.09. The molecule has 18 heavy (non-hydrogen) atoms. The summed E-state index contributed by atoms with van der Waals surface area (Å²) in [6, 6.07) is 5.38. The zero-order valence-electron chi connectivity index (χ0n) is 10.7. The second-order valence-electron chi connectivity index (χ2n) is 3.76. The third-order valence-electron chi connectivity index (χ3n) is 2.38. The van der Waals surface area contributed by atoms with E-state index in [0.29, 0.717) is 17.3 Å². The minimum atomic E-state index is -0.414. The lowest BCUT2D eigenvalue weighted by molar-refractivity contribution is -0.142. The van der Waals surface area contributed by atoms with Crippen LogP contribution in [0.1, 0.15) is 18.9 Å². The van der Waals surface area contributed by atoms with E-state index in [0.717, 1.165) is 18.5 Å². The second kappa shape index (κ2) is 7.95. The summed E-state index contributed by atoms with van der Waals surface area (Å²) < 4.78 is 9.93. The van der Waals surface area contributed by atoms with Crippen LogP contribution in [0.5, 0.6) is 5.75 Å². The molecule has 0 fully saturated rings. The van der Waals surface area contributed by atoms with Gasteiger partial charge in [0.1, 0.15) is 5.75 Å². The van der Waals surface area contributed by atoms with Gasteiger partial charge in [0.15, 0.2) is 6.61 Å². The number of ether oxygens (including phenoxy) is 2. The number of esters is 1. The Hall–Kier alpha value is -1.26. The third kappa shape index (κ3) is 4.55. The predicted molar refractivity (Wildman–Crippen MR) is 71.0 cm³/mol. The molecule has 0 spiro atoms. The minimum absolute atomic E-state index is 0.113. The van der Waals surface area contributed by atoms with Crippen molar-refractivity contribution >= 4 is 17.6 Å². The zero-order chi connectivity index (χ0) is 13.4. The van der Waals surface area contributed by atoms with E-state index in [1.54, 1.807) is 18.2 Å². The van der Waals surface area contributed by atoms with Gasteiger partial charge in [-0.05, 0) is 25.1 Å². The number of methoxy groups -OCH3 is 1. The Balaban J connectivity index is 2.70. The summed E-state index contributed by atoms with van der Waals surface area (Å²) in [6.07, 6.45) is 1.04. The van der Waals surface area contributed by atoms with E-state index in [2.05, 4.69) is 17.0 Å². The maximum atomic E-state index is 11.0. The highest BCUT2D eigenvalue weighted by molar-refractivity contribution is 6.31. The van der Waals surface area contributed by atoms with Crippen LogP contribution in [0.2, 0.25) is 5.02 Å². The highest BCUT2D eigenvalue weighted by atomic mass is 35.5. The smallest absolute Gasteiger partial charge is 0.343 e. The Morgan fingerprint density at radius 2 is 2.22 bits per heavy atom. The molecule has 1 N–H and O–H groups in total. The lowest BCUT2D eigenvalue weighted by atomic mass is 10.2. The summed E-state index contributed by atoms with van der Waals surface area (Å²) in [5.74, 6) is 0.193. The maximum Gasteiger partial charge on any atom is 0.343 e. The van der Waals surface area contributed by atoms with Crippen LogP contribution in [-0.2, 0) is 16.1 Å². The zero-order valence-corrected chi connectivity index (χ0v) is 11.4. The van der Waals surface area contributed by atoms with E-state index < -0.39 is 5.97 Å². The van der Waals surface area contributed by atoms with Crippen LogP contribution in [0.25, 0.3) is 0 Å². The molecule has 0 bridgehead atoms. The van der Waals surface area contributed by atoms with Crippen LogP contribution in [-0.4, -0.2) is 26.2 Å². The quantitative estimate of drug-likeness (QED) is 0.611. The lowest BCUT2D eigenvalue weighted by Crippen LogP contribution is -2.17. The average Bonchev–Trinajstić information content (AvgIpc) is 2.38. The SMILES string of the molecule is CCCNCc1c(Cl)cccc1OCC(=O)OC. The van der Waals surface area contributed by atoms with Gasteiger partial charge < -0.3 is 14.8 Å². The van der Waals surface area contributed by atoms with Crippen LogP contribution in [0.3, 0.4) is 0 Å². The number of hydrogen-bond acceptors (Lipinski definition) is 4. The van der Waals surface area contributed by atoms with Gasteiger partial charge in [-0.15, -0.1) is 0 Å². The Kier molecular flexibility index (Phi) is 6.54. The van der Waals surface area contributed by atoms with Gasteiger partial charge in [-0.1, -0.05) is 24.6 Å². The van der Waals surface area contributed by atoms with Gasteiger partial charge in [0.05, 0.1) is 7.11 Å². The maximum absolute atomic E-state index is 11.0. The molecule has 0 aliphatic heterocycles. The molecule has 0 radical (unpaired) electrons. The molecule has 0 saturated heterocycles. The van der Waals surface area contributed by atoms with Gasteiger partial charge in [0, 0.05) is 17.1 Å². The van der Waals surface area contributed by atoms with Crippen molar-refractivity contribution in [2.45, 2.75) is 19.9 Å². The van der Waals surface area contributed by atoms with E-state index in [1.807, 2.05) is 0 Å². The van der Waals surface area contributed by atoms with Crippen LogP contribution >= 0.6 is 11.6 Å². The normalized spacial score (nSPS) is 10.2. The van der Waals surface area contributed by atoms with E-state index in [-0.39, 0.29) is 6.61 Å². The summed E-state index contributed by atoms with van der Waals surface area (Å²) in [5, 5.41) is 3.88. The fraction of sp³-hybridized carbons (Fsp3) is 0.462. The molecule has 1 rings (SSSR count). The summed E-state index contributed by atoms with van der Waals surface area (Å²) >= 11 is 6.12. The van der Waals surface area contributed by atoms with Gasteiger partial charge in [0.2, 0.25) is 0 Å². The van der Waals surface area contributed by atoms with Gasteiger partial charge in [-0.25, -0.2) is 4.79 Å². The van der Waals surface area contributed by atoms with Crippen LogP contribution in [0.15, 0.2) is 18.2 Å². The molecule has 1 aromatic carbocycles. The van der Waals surface area contributed by atoms with Gasteiger partial charge >= 0.3 is 5.97 Å². The van der Waals surface area contributed by atoms with E-state index in [9.17, 15) is 4.79 Å². The molecular weight excluding hydrogens is 254 g/mol. The summed E-state index contributed by atoms with van der Waals surface area (Å²) in [5.41, 5.74) is 0.858. The number of halogens is 1. The van der Waals surface area contributed by atoms with Crippen LogP contribution in [0, 0.1) is 0 Å². The number of benzene rings is 1. The molecule has 0 saturated carbocycles. The molecule has 0 atom stereocenters. The van der Waals surface area contributed by atoms with Crippen molar-refractivity contribution in [1.82, 2.24) is 5.32 Å². The van der Waals surface area contributed by atoms with Gasteiger partial charge in [-0.3, -0.25) is 0 Å². The van der Waals surface area contributed by atoms with Gasteiger partial charge in [-0.2, -0.15) is 0 Å². The van der Waals surface area contributed by atoms with Crippen molar-refractivity contribution in [1.29, 1.82) is 0 Å². The Labute approximate surface area is 112 Å². The van der Waals surface area contributed by atoms with Crippen molar-refractivity contribution in [3.05, 3.63) is 28.8 Å². The van der Waals surface area contributed by atoms with E-state index >= 15 is 0 Å². The van der Waals surface area contributed by atoms with Gasteiger partial charge in [0.25, 0.3) is 0 Å².